The number of likely N-dealkylation sites (N-methyl/N-ethyl adjacent to an activating group) is 1. The number of hydrazine groups is 1. The summed E-state index contributed by atoms with van der Waals surface area (Å²) in [4.78, 5) is 47.9. The highest BCUT2D eigenvalue weighted by Crippen LogP contribution is 2.28. The van der Waals surface area contributed by atoms with Gasteiger partial charge in [0.05, 0.1) is 23.5 Å². The Kier molecular flexibility index (Phi) is 8.32. The molecule has 1 aromatic carbocycles. The molecular weight excluding hydrogens is 502 g/mol. The van der Waals surface area contributed by atoms with E-state index in [0.29, 0.717) is 35.0 Å². The molecule has 0 bridgehead atoms. The lowest BCUT2D eigenvalue weighted by atomic mass is 9.81. The Labute approximate surface area is 219 Å². The lowest BCUT2D eigenvalue weighted by molar-refractivity contribution is -0.134. The van der Waals surface area contributed by atoms with Gasteiger partial charge in [-0.05, 0) is 50.6 Å². The molecular formula is C24H32ClN7O3S. The van der Waals surface area contributed by atoms with E-state index in [2.05, 4.69) is 38.4 Å². The van der Waals surface area contributed by atoms with Gasteiger partial charge in [0, 0.05) is 49.4 Å². The molecule has 194 valence electrons. The van der Waals surface area contributed by atoms with Crippen LogP contribution in [0.1, 0.15) is 39.6 Å². The molecule has 0 spiro atoms. The van der Waals surface area contributed by atoms with E-state index in [1.54, 1.807) is 43.3 Å². The molecule has 4 N–H and O–H groups in total. The number of anilines is 1. The molecule has 4 amide bonds. The van der Waals surface area contributed by atoms with Gasteiger partial charge < -0.3 is 20.4 Å². The predicted octanol–water partition coefficient (Wildman–Crippen LogP) is 2.47. The van der Waals surface area contributed by atoms with Crippen LogP contribution >= 0.6 is 22.9 Å². The summed E-state index contributed by atoms with van der Waals surface area (Å²) < 4.78 is 0. The largest absolute Gasteiger partial charge is 0.349 e. The van der Waals surface area contributed by atoms with Crippen molar-refractivity contribution >= 4 is 46.5 Å². The number of thiazole rings is 1. The molecule has 0 unspecified atom stereocenters. The average molecular weight is 534 g/mol. The number of halogens is 1. The van der Waals surface area contributed by atoms with Crippen molar-refractivity contribution < 1.29 is 14.4 Å². The van der Waals surface area contributed by atoms with E-state index < -0.39 is 12.1 Å². The van der Waals surface area contributed by atoms with Crippen LogP contribution in [0.2, 0.25) is 5.02 Å². The van der Waals surface area contributed by atoms with Crippen LogP contribution in [-0.4, -0.2) is 72.4 Å². The summed E-state index contributed by atoms with van der Waals surface area (Å²) in [5, 5.41) is 7.03. The summed E-state index contributed by atoms with van der Waals surface area (Å²) in [7, 11) is 5.51. The van der Waals surface area contributed by atoms with E-state index in [-0.39, 0.29) is 23.8 Å². The summed E-state index contributed by atoms with van der Waals surface area (Å²) in [6.07, 6.45) is 2.44. The molecule has 2 aliphatic rings. The maximum atomic E-state index is 13.2. The van der Waals surface area contributed by atoms with Gasteiger partial charge >= 0.3 is 6.03 Å². The number of nitrogens with one attached hydrogen (secondary N) is 4. The highest BCUT2D eigenvalue weighted by atomic mass is 35.5. The summed E-state index contributed by atoms with van der Waals surface area (Å²) >= 11 is 7.31. The zero-order valence-corrected chi connectivity index (χ0v) is 22.2. The Morgan fingerprint density at radius 1 is 1.11 bits per heavy atom. The molecule has 12 heteroatoms. The lowest BCUT2D eigenvalue weighted by Crippen LogP contribution is -2.57. The molecule has 0 radical (unpaired) electrons. The zero-order chi connectivity index (χ0) is 25.8. The Bertz CT molecular complexity index is 1110. The summed E-state index contributed by atoms with van der Waals surface area (Å²) in [6, 6.07) is 5.74. The van der Waals surface area contributed by atoms with Crippen molar-refractivity contribution in [1.29, 1.82) is 0 Å². The van der Waals surface area contributed by atoms with Gasteiger partial charge in [-0.15, -0.1) is 11.3 Å². The number of aromatic nitrogens is 1. The van der Waals surface area contributed by atoms with Gasteiger partial charge in [-0.1, -0.05) is 11.6 Å². The van der Waals surface area contributed by atoms with E-state index in [4.69, 9.17) is 11.6 Å². The van der Waals surface area contributed by atoms with E-state index in [1.807, 2.05) is 0 Å². The van der Waals surface area contributed by atoms with Crippen LogP contribution in [-0.2, 0) is 17.8 Å². The molecule has 2 aromatic rings. The maximum absolute atomic E-state index is 13.2. The molecule has 10 nitrogen and oxygen atoms in total. The second-order valence-corrected chi connectivity index (χ2v) is 11.1. The minimum atomic E-state index is -0.431. The summed E-state index contributed by atoms with van der Waals surface area (Å²) in [6.45, 7) is 1.70. The number of benzene rings is 1. The van der Waals surface area contributed by atoms with Crippen molar-refractivity contribution in [3.8, 4) is 0 Å². The molecule has 1 fully saturated rings. The lowest BCUT2D eigenvalue weighted by Gasteiger charge is -2.37. The molecule has 3 atom stereocenters. The average Bonchev–Trinajstić information content (AvgIpc) is 3.27. The molecule has 1 saturated carbocycles. The summed E-state index contributed by atoms with van der Waals surface area (Å²) in [5.41, 5.74) is 7.11. The van der Waals surface area contributed by atoms with Crippen LogP contribution in [0, 0.1) is 5.92 Å². The van der Waals surface area contributed by atoms with E-state index in [1.165, 1.54) is 11.3 Å². The Balaban J connectivity index is 1.42. The Morgan fingerprint density at radius 2 is 1.86 bits per heavy atom. The number of rotatable bonds is 6. The highest BCUT2D eigenvalue weighted by molar-refractivity contribution is 7.13. The standard InChI is InChI=1S/C24H32ClN7O3S/c1-31(2)23(34)14-4-9-17(28-24(35)30-29-16-7-5-15(25)6-8-16)19(12-14)26-21(33)22-27-18-10-11-32(3)13-20(18)36-22/h5-8,14,17,19,29H,4,9-13H2,1-3H3,(H,26,33)(H2,28,30,35)/t14-,17-,19+/m0/s1. The summed E-state index contributed by atoms with van der Waals surface area (Å²) in [5.74, 6) is -0.474. The topological polar surface area (TPSA) is 119 Å². The van der Waals surface area contributed by atoms with Crippen molar-refractivity contribution in [3.63, 3.8) is 0 Å². The van der Waals surface area contributed by atoms with Gasteiger partial charge in [0.1, 0.15) is 0 Å². The maximum Gasteiger partial charge on any atom is 0.333 e. The fraction of sp³-hybridized carbons (Fsp3) is 0.500. The SMILES string of the molecule is CN1CCc2nc(C(=O)N[C@@H]3C[C@@H](C(=O)N(C)C)CC[C@@H]3NC(=O)NNc3ccc(Cl)cc3)sc2C1. The first kappa shape index (κ1) is 26.2. The smallest absolute Gasteiger partial charge is 0.333 e. The van der Waals surface area contributed by atoms with Crippen LogP contribution in [0.25, 0.3) is 0 Å². The number of urea groups is 1. The number of hydrogen-bond acceptors (Lipinski definition) is 7. The molecule has 36 heavy (non-hydrogen) atoms. The number of carbonyl (C=O) groups is 3. The number of fused-ring (bicyclic) bond motifs is 1. The zero-order valence-electron chi connectivity index (χ0n) is 20.6. The number of amides is 4. The third kappa shape index (κ3) is 6.45. The van der Waals surface area contributed by atoms with Crippen LogP contribution in [0.5, 0.6) is 0 Å². The van der Waals surface area contributed by atoms with Crippen LogP contribution < -0.4 is 21.5 Å². The molecule has 2 heterocycles. The van der Waals surface area contributed by atoms with Crippen LogP contribution in [0.3, 0.4) is 0 Å². The minimum Gasteiger partial charge on any atom is -0.349 e. The molecule has 4 rings (SSSR count). The Morgan fingerprint density at radius 3 is 2.58 bits per heavy atom. The third-order valence-electron chi connectivity index (χ3n) is 6.55. The fourth-order valence-electron chi connectivity index (χ4n) is 4.61. The number of carbonyl (C=O) groups excluding carboxylic acids is 3. The second-order valence-electron chi connectivity index (χ2n) is 9.54. The number of nitrogens with zero attached hydrogens (tertiary/aromatic N) is 3. The van der Waals surface area contributed by atoms with Crippen molar-refractivity contribution in [2.75, 3.05) is 33.1 Å². The van der Waals surface area contributed by atoms with Crippen molar-refractivity contribution in [2.45, 2.75) is 44.3 Å². The highest BCUT2D eigenvalue weighted by Gasteiger charge is 2.37. The molecule has 1 aliphatic carbocycles. The van der Waals surface area contributed by atoms with Crippen molar-refractivity contribution in [3.05, 3.63) is 44.9 Å². The minimum absolute atomic E-state index is 0.0225. The van der Waals surface area contributed by atoms with Crippen LogP contribution in [0.15, 0.2) is 24.3 Å². The monoisotopic (exact) mass is 533 g/mol. The molecule has 1 aromatic heterocycles. The molecule has 1 aliphatic heterocycles. The second kappa shape index (κ2) is 11.4. The van der Waals surface area contributed by atoms with Gasteiger partial charge in [-0.25, -0.2) is 9.78 Å². The van der Waals surface area contributed by atoms with Gasteiger partial charge in [0.25, 0.3) is 5.91 Å². The fourth-order valence-corrected chi connectivity index (χ4v) is 5.83. The van der Waals surface area contributed by atoms with Crippen LogP contribution in [0.4, 0.5) is 10.5 Å². The van der Waals surface area contributed by atoms with Gasteiger partial charge in [0.15, 0.2) is 5.01 Å². The number of hydrogen-bond donors (Lipinski definition) is 4. The quantitative estimate of drug-likeness (QED) is 0.424. The van der Waals surface area contributed by atoms with E-state index in [0.717, 1.165) is 30.1 Å². The van der Waals surface area contributed by atoms with Crippen molar-refractivity contribution in [1.82, 2.24) is 30.8 Å². The first-order valence-electron chi connectivity index (χ1n) is 12.0. The van der Waals surface area contributed by atoms with Crippen molar-refractivity contribution in [2.24, 2.45) is 5.92 Å². The van der Waals surface area contributed by atoms with E-state index >= 15 is 0 Å². The predicted molar refractivity (Wildman–Crippen MR) is 140 cm³/mol. The Hall–Kier alpha value is -2.89. The van der Waals surface area contributed by atoms with Gasteiger partial charge in [-0.2, -0.15) is 0 Å². The van der Waals surface area contributed by atoms with Gasteiger partial charge in [-0.3, -0.25) is 20.4 Å². The molecule has 0 saturated heterocycles. The third-order valence-corrected chi connectivity index (χ3v) is 7.89. The van der Waals surface area contributed by atoms with E-state index in [9.17, 15) is 14.4 Å². The van der Waals surface area contributed by atoms with Gasteiger partial charge in [0.2, 0.25) is 5.91 Å². The first-order chi connectivity index (χ1) is 17.2. The first-order valence-corrected chi connectivity index (χ1v) is 13.2. The normalized spacial score (nSPS) is 21.7.